The second-order valence-electron chi connectivity index (χ2n) is 4.25. The normalized spacial score (nSPS) is 37.9. The van der Waals surface area contributed by atoms with Gasteiger partial charge in [0.1, 0.15) is 5.67 Å². The molecular formula is C10H12FN3O. The minimum Gasteiger partial charge on any atom is -0.393 e. The first kappa shape index (κ1) is 9.03. The maximum absolute atomic E-state index is 13.7. The van der Waals surface area contributed by atoms with Crippen LogP contribution in [0, 0.1) is 11.8 Å². The van der Waals surface area contributed by atoms with Gasteiger partial charge in [-0.3, -0.25) is 0 Å². The fraction of sp³-hybridized carbons (Fsp3) is 0.600. The minimum absolute atomic E-state index is 0.0358. The van der Waals surface area contributed by atoms with Gasteiger partial charge in [-0.25, -0.2) is 14.4 Å². The third kappa shape index (κ3) is 1.16. The van der Waals surface area contributed by atoms with Crippen molar-refractivity contribution in [2.75, 3.05) is 24.6 Å². The van der Waals surface area contributed by atoms with Gasteiger partial charge in [0.15, 0.2) is 0 Å². The van der Waals surface area contributed by atoms with Crippen LogP contribution in [0.15, 0.2) is 18.5 Å². The van der Waals surface area contributed by atoms with E-state index in [1.54, 1.807) is 18.5 Å². The number of hydrogen-bond acceptors (Lipinski definition) is 4. The fourth-order valence-corrected chi connectivity index (χ4v) is 2.53. The van der Waals surface area contributed by atoms with E-state index < -0.39 is 5.67 Å². The summed E-state index contributed by atoms with van der Waals surface area (Å²) in [4.78, 5) is 10.2. The lowest BCUT2D eigenvalue weighted by Crippen LogP contribution is -2.32. The number of alkyl halides is 1. The number of nitrogens with zero attached hydrogens (tertiary/aromatic N) is 3. The topological polar surface area (TPSA) is 49.2 Å². The number of aliphatic hydroxyl groups excluding tert-OH is 1. The molecule has 3 rings (SSSR count). The van der Waals surface area contributed by atoms with Crippen molar-refractivity contribution in [2.24, 2.45) is 11.8 Å². The molecule has 15 heavy (non-hydrogen) atoms. The van der Waals surface area contributed by atoms with Crippen molar-refractivity contribution in [1.29, 1.82) is 0 Å². The molecular weight excluding hydrogens is 197 g/mol. The van der Waals surface area contributed by atoms with Crippen LogP contribution in [0.25, 0.3) is 0 Å². The van der Waals surface area contributed by atoms with Crippen molar-refractivity contribution in [3.63, 3.8) is 0 Å². The molecule has 2 heterocycles. The van der Waals surface area contributed by atoms with E-state index in [0.717, 1.165) is 0 Å². The molecule has 80 valence electrons. The molecule has 0 aromatic carbocycles. The lowest BCUT2D eigenvalue weighted by molar-refractivity contribution is 0.131. The summed E-state index contributed by atoms with van der Waals surface area (Å²) < 4.78 is 13.7. The highest BCUT2D eigenvalue weighted by Crippen LogP contribution is 2.58. The standard InChI is InChI=1S/C10H12FN3O/c11-10(6-15)7-4-14(5-8(7)10)9-12-2-1-3-13-9/h1-3,7-8,15H,4-6H2. The minimum atomic E-state index is -1.33. The van der Waals surface area contributed by atoms with Crippen LogP contribution >= 0.6 is 0 Å². The number of aromatic nitrogens is 2. The van der Waals surface area contributed by atoms with Crippen LogP contribution in [-0.4, -0.2) is 40.4 Å². The van der Waals surface area contributed by atoms with Crippen molar-refractivity contribution in [3.05, 3.63) is 18.5 Å². The van der Waals surface area contributed by atoms with E-state index in [2.05, 4.69) is 9.97 Å². The SMILES string of the molecule is OCC1(F)C2CN(c3ncccn3)CC21. The molecule has 0 spiro atoms. The van der Waals surface area contributed by atoms with Crippen LogP contribution in [0.2, 0.25) is 0 Å². The molecule has 2 unspecified atom stereocenters. The first-order chi connectivity index (χ1) is 7.25. The second-order valence-corrected chi connectivity index (χ2v) is 4.25. The molecule has 1 aliphatic carbocycles. The maximum Gasteiger partial charge on any atom is 0.225 e. The molecule has 0 amide bonds. The average Bonchev–Trinajstić information content (AvgIpc) is 2.70. The van der Waals surface area contributed by atoms with E-state index in [-0.39, 0.29) is 18.4 Å². The van der Waals surface area contributed by atoms with Gasteiger partial charge in [-0.15, -0.1) is 0 Å². The zero-order valence-corrected chi connectivity index (χ0v) is 8.17. The van der Waals surface area contributed by atoms with Crippen molar-refractivity contribution in [3.8, 4) is 0 Å². The van der Waals surface area contributed by atoms with E-state index >= 15 is 0 Å². The van der Waals surface area contributed by atoms with Gasteiger partial charge in [-0.05, 0) is 6.07 Å². The number of anilines is 1. The number of piperidine rings is 1. The van der Waals surface area contributed by atoms with Gasteiger partial charge in [-0.1, -0.05) is 0 Å². The molecule has 1 saturated carbocycles. The lowest BCUT2D eigenvalue weighted by Gasteiger charge is -2.20. The number of aliphatic hydroxyl groups is 1. The molecule has 4 nitrogen and oxygen atoms in total. The molecule has 2 aliphatic rings. The van der Waals surface area contributed by atoms with E-state index in [4.69, 9.17) is 5.11 Å². The summed E-state index contributed by atoms with van der Waals surface area (Å²) in [7, 11) is 0. The number of rotatable bonds is 2. The monoisotopic (exact) mass is 209 g/mol. The summed E-state index contributed by atoms with van der Waals surface area (Å²) in [5.41, 5.74) is -1.33. The number of fused-ring (bicyclic) bond motifs is 1. The lowest BCUT2D eigenvalue weighted by atomic mass is 10.2. The van der Waals surface area contributed by atoms with Gasteiger partial charge in [-0.2, -0.15) is 0 Å². The molecule has 1 aromatic heterocycles. The van der Waals surface area contributed by atoms with Gasteiger partial charge in [0.25, 0.3) is 0 Å². The Balaban J connectivity index is 1.72. The average molecular weight is 209 g/mol. The Bertz CT molecular complexity index is 360. The molecule has 1 aromatic rings. The smallest absolute Gasteiger partial charge is 0.225 e. The quantitative estimate of drug-likeness (QED) is 0.758. The van der Waals surface area contributed by atoms with Crippen molar-refractivity contribution in [2.45, 2.75) is 5.67 Å². The summed E-state index contributed by atoms with van der Waals surface area (Å²) in [5.74, 6) is 0.586. The highest BCUT2D eigenvalue weighted by molar-refractivity contribution is 5.37. The summed E-state index contributed by atoms with van der Waals surface area (Å²) in [6.45, 7) is 0.878. The van der Waals surface area contributed by atoms with Gasteiger partial charge in [0.05, 0.1) is 6.61 Å². The Morgan fingerprint density at radius 1 is 1.40 bits per heavy atom. The number of halogens is 1. The summed E-state index contributed by atoms with van der Waals surface area (Å²) in [6.07, 6.45) is 3.36. The molecule has 2 atom stereocenters. The van der Waals surface area contributed by atoms with Crippen LogP contribution in [0.4, 0.5) is 10.3 Å². The Labute approximate surface area is 86.8 Å². The van der Waals surface area contributed by atoms with E-state index in [9.17, 15) is 4.39 Å². The Hall–Kier alpha value is -1.23. The Morgan fingerprint density at radius 3 is 2.53 bits per heavy atom. The third-order valence-corrected chi connectivity index (χ3v) is 3.52. The molecule has 0 radical (unpaired) electrons. The van der Waals surface area contributed by atoms with E-state index in [1.807, 2.05) is 4.90 Å². The van der Waals surface area contributed by atoms with Crippen LogP contribution < -0.4 is 4.90 Å². The van der Waals surface area contributed by atoms with Crippen LogP contribution in [0.5, 0.6) is 0 Å². The molecule has 0 bridgehead atoms. The Kier molecular flexibility index (Phi) is 1.74. The van der Waals surface area contributed by atoms with Gasteiger partial charge in [0.2, 0.25) is 5.95 Å². The van der Waals surface area contributed by atoms with Crippen molar-refractivity contribution >= 4 is 5.95 Å². The van der Waals surface area contributed by atoms with Crippen LogP contribution in [0.3, 0.4) is 0 Å². The van der Waals surface area contributed by atoms with Gasteiger partial charge in [0, 0.05) is 37.3 Å². The first-order valence-corrected chi connectivity index (χ1v) is 5.07. The molecule has 1 aliphatic heterocycles. The summed E-state index contributed by atoms with van der Waals surface area (Å²) >= 11 is 0. The fourth-order valence-electron chi connectivity index (χ4n) is 2.53. The molecule has 1 saturated heterocycles. The predicted molar refractivity (Wildman–Crippen MR) is 52.1 cm³/mol. The molecule has 2 fully saturated rings. The molecule has 1 N–H and O–H groups in total. The third-order valence-electron chi connectivity index (χ3n) is 3.52. The summed E-state index contributed by atoms with van der Waals surface area (Å²) in [5, 5.41) is 8.90. The molecule has 5 heteroatoms. The van der Waals surface area contributed by atoms with Crippen LogP contribution in [-0.2, 0) is 0 Å². The number of hydrogen-bond donors (Lipinski definition) is 1. The second kappa shape index (κ2) is 2.88. The maximum atomic E-state index is 13.7. The highest BCUT2D eigenvalue weighted by atomic mass is 19.1. The highest BCUT2D eigenvalue weighted by Gasteiger charge is 2.69. The first-order valence-electron chi connectivity index (χ1n) is 5.07. The Morgan fingerprint density at radius 2 is 2.00 bits per heavy atom. The predicted octanol–water partition coefficient (Wildman–Crippen LogP) is 0.243. The summed E-state index contributed by atoms with van der Waals surface area (Å²) in [6, 6.07) is 1.76. The van der Waals surface area contributed by atoms with E-state index in [0.29, 0.717) is 19.0 Å². The zero-order valence-electron chi connectivity index (χ0n) is 8.17. The van der Waals surface area contributed by atoms with Gasteiger partial charge >= 0.3 is 0 Å². The zero-order chi connectivity index (χ0) is 10.5. The van der Waals surface area contributed by atoms with Crippen molar-refractivity contribution in [1.82, 2.24) is 9.97 Å². The van der Waals surface area contributed by atoms with Crippen LogP contribution in [0.1, 0.15) is 0 Å². The van der Waals surface area contributed by atoms with Gasteiger partial charge < -0.3 is 10.0 Å². The van der Waals surface area contributed by atoms with E-state index in [1.165, 1.54) is 0 Å². The largest absolute Gasteiger partial charge is 0.393 e. The van der Waals surface area contributed by atoms with Crippen molar-refractivity contribution < 1.29 is 9.50 Å².